The van der Waals surface area contributed by atoms with Crippen LogP contribution in [0.1, 0.15) is 57.8 Å². The topological polar surface area (TPSA) is 49.5 Å². The summed E-state index contributed by atoms with van der Waals surface area (Å²) in [5.74, 6) is 1.63. The molecule has 4 heteroatoms. The highest BCUT2D eigenvalue weighted by Crippen LogP contribution is 2.36. The van der Waals surface area contributed by atoms with Gasteiger partial charge in [0.15, 0.2) is 6.04 Å². The predicted octanol–water partition coefficient (Wildman–Crippen LogP) is 2.81. The van der Waals surface area contributed by atoms with Crippen molar-refractivity contribution in [1.29, 1.82) is 0 Å². The number of rotatable bonds is 4. The molecule has 0 spiro atoms. The van der Waals surface area contributed by atoms with Crippen molar-refractivity contribution >= 4 is 12.2 Å². The molecule has 2 rings (SSSR count). The van der Waals surface area contributed by atoms with E-state index in [-0.39, 0.29) is 6.04 Å². The summed E-state index contributed by atoms with van der Waals surface area (Å²) in [5.41, 5.74) is 0. The Balaban J connectivity index is 1.71. The van der Waals surface area contributed by atoms with Crippen LogP contribution in [0.3, 0.4) is 0 Å². The fourth-order valence-electron chi connectivity index (χ4n) is 3.90. The van der Waals surface area contributed by atoms with Crippen LogP contribution in [0.4, 0.5) is 0 Å². The van der Waals surface area contributed by atoms with E-state index in [1.807, 2.05) is 13.1 Å². The largest absolute Gasteiger partial charge is 0.424 e. The molecular formula is C16H25N2O2+. The monoisotopic (exact) mass is 277 g/mol. The fraction of sp³-hybridized carbons (Fsp3) is 0.875. The molecule has 2 saturated carbocycles. The van der Waals surface area contributed by atoms with Crippen molar-refractivity contribution in [2.24, 2.45) is 16.8 Å². The lowest BCUT2D eigenvalue weighted by Crippen LogP contribution is -2.29. The van der Waals surface area contributed by atoms with Gasteiger partial charge in [-0.1, -0.05) is 0 Å². The second kappa shape index (κ2) is 7.52. The molecule has 20 heavy (non-hydrogen) atoms. The second-order valence-corrected chi connectivity index (χ2v) is 6.51. The Morgan fingerprint density at radius 3 is 2.00 bits per heavy atom. The van der Waals surface area contributed by atoms with Gasteiger partial charge < -0.3 is 0 Å². The maximum absolute atomic E-state index is 10.7. The Morgan fingerprint density at radius 2 is 1.50 bits per heavy atom. The number of nitrogens with zero attached hydrogens (tertiary/aromatic N) is 2. The van der Waals surface area contributed by atoms with E-state index in [2.05, 4.69) is 4.99 Å². The molecule has 0 N–H and O–H groups in total. The van der Waals surface area contributed by atoms with E-state index in [9.17, 15) is 9.59 Å². The van der Waals surface area contributed by atoms with Gasteiger partial charge in [0.25, 0.3) is 0 Å². The molecular weight excluding hydrogens is 252 g/mol. The fourth-order valence-corrected chi connectivity index (χ4v) is 3.90. The predicted molar refractivity (Wildman–Crippen MR) is 76.1 cm³/mol. The molecule has 2 fully saturated rings. The summed E-state index contributed by atoms with van der Waals surface area (Å²) in [6.45, 7) is 0. The quantitative estimate of drug-likeness (QED) is 0.451. The third-order valence-corrected chi connectivity index (χ3v) is 5.23. The van der Waals surface area contributed by atoms with Crippen LogP contribution in [0.15, 0.2) is 4.99 Å². The molecule has 0 aromatic heterocycles. The van der Waals surface area contributed by atoms with Gasteiger partial charge in [-0.2, -0.15) is 9.37 Å². The van der Waals surface area contributed by atoms with E-state index < -0.39 is 0 Å². The van der Waals surface area contributed by atoms with Crippen molar-refractivity contribution in [2.45, 2.75) is 69.9 Å². The molecule has 0 heterocycles. The van der Waals surface area contributed by atoms with Gasteiger partial charge in [-0.05, 0) is 56.8 Å². The van der Waals surface area contributed by atoms with E-state index in [4.69, 9.17) is 0 Å². The van der Waals surface area contributed by atoms with E-state index in [0.717, 1.165) is 37.5 Å². The van der Waals surface area contributed by atoms with Crippen molar-refractivity contribution in [3.05, 3.63) is 0 Å². The average Bonchev–Trinajstić information content (AvgIpc) is 2.49. The molecule has 2 aliphatic rings. The van der Waals surface area contributed by atoms with Gasteiger partial charge >= 0.3 is 6.08 Å². The standard InChI is InChI=1S/C16H25N2O2/c1-18(12-20)16-8-4-14(5-9-16)10-13-2-6-15(7-3-13)17-11-19/h13-16H,2-10H2,1H3/q+1. The van der Waals surface area contributed by atoms with E-state index in [1.165, 1.54) is 32.1 Å². The zero-order valence-electron chi connectivity index (χ0n) is 12.4. The van der Waals surface area contributed by atoms with E-state index in [1.54, 1.807) is 10.7 Å². The normalized spacial score (nSPS) is 33.9. The summed E-state index contributed by atoms with van der Waals surface area (Å²) in [6.07, 6.45) is 14.3. The molecule has 4 nitrogen and oxygen atoms in total. The maximum Gasteiger partial charge on any atom is 0.424 e. The molecule has 0 aromatic rings. The number of carbonyl (C=O) groups excluding carboxylic acids is 2. The molecule has 0 aliphatic heterocycles. The average molecular weight is 277 g/mol. The molecule has 0 atom stereocenters. The van der Waals surface area contributed by atoms with Crippen LogP contribution in [-0.4, -0.2) is 35.9 Å². The smallest absolute Gasteiger partial charge is 0.211 e. The third kappa shape index (κ3) is 4.13. The third-order valence-electron chi connectivity index (χ3n) is 5.23. The Hall–Kier alpha value is -1.24. The Bertz CT molecular complexity index is 406. The van der Waals surface area contributed by atoms with Crippen molar-refractivity contribution < 1.29 is 14.2 Å². The highest BCUT2D eigenvalue weighted by Gasteiger charge is 2.30. The summed E-state index contributed by atoms with van der Waals surface area (Å²) < 4.78 is 1.71. The summed E-state index contributed by atoms with van der Waals surface area (Å²) >= 11 is 0. The van der Waals surface area contributed by atoms with E-state index >= 15 is 0 Å². The molecule has 0 aromatic carbocycles. The lowest BCUT2D eigenvalue weighted by Gasteiger charge is -2.31. The Morgan fingerprint density at radius 1 is 0.950 bits per heavy atom. The van der Waals surface area contributed by atoms with Gasteiger partial charge in [-0.25, -0.2) is 9.79 Å². The van der Waals surface area contributed by atoms with E-state index in [0.29, 0.717) is 6.04 Å². The van der Waals surface area contributed by atoms with Crippen LogP contribution in [0.5, 0.6) is 0 Å². The van der Waals surface area contributed by atoms with Crippen molar-refractivity contribution in [2.75, 3.05) is 7.05 Å². The summed E-state index contributed by atoms with van der Waals surface area (Å²) in [7, 11) is 1.84. The Labute approximate surface area is 121 Å². The van der Waals surface area contributed by atoms with Gasteiger partial charge in [0, 0.05) is 12.8 Å². The molecule has 110 valence electrons. The van der Waals surface area contributed by atoms with Crippen LogP contribution in [-0.2, 0) is 9.59 Å². The SMILES string of the molecule is C[N+](=C=O)C1CCC(CC2CCC(N=C=O)CC2)CC1. The van der Waals surface area contributed by atoms with Crippen molar-refractivity contribution in [3.63, 3.8) is 0 Å². The lowest BCUT2D eigenvalue weighted by atomic mass is 9.76. The molecule has 0 unspecified atom stereocenters. The minimum Gasteiger partial charge on any atom is -0.211 e. The molecule has 2 aliphatic carbocycles. The zero-order chi connectivity index (χ0) is 14.4. The number of isocyanates is 2. The summed E-state index contributed by atoms with van der Waals surface area (Å²) in [5, 5.41) is 0. The van der Waals surface area contributed by atoms with Crippen LogP contribution >= 0.6 is 0 Å². The van der Waals surface area contributed by atoms with Gasteiger partial charge in [0.05, 0.1) is 6.04 Å². The first-order valence-electron chi connectivity index (χ1n) is 7.90. The second-order valence-electron chi connectivity index (χ2n) is 6.51. The maximum atomic E-state index is 10.7. The minimum atomic E-state index is 0.233. The number of hydrogen-bond donors (Lipinski definition) is 0. The number of aliphatic imine (C=N–C) groups is 1. The summed E-state index contributed by atoms with van der Waals surface area (Å²) in [6, 6.07) is 0.637. The number of hydrogen-bond acceptors (Lipinski definition) is 3. The van der Waals surface area contributed by atoms with Crippen molar-refractivity contribution in [3.8, 4) is 0 Å². The van der Waals surface area contributed by atoms with Crippen LogP contribution in [0.2, 0.25) is 0 Å². The molecule has 0 bridgehead atoms. The van der Waals surface area contributed by atoms with Gasteiger partial charge in [0.1, 0.15) is 7.05 Å². The lowest BCUT2D eigenvalue weighted by molar-refractivity contribution is -0.539. The minimum absolute atomic E-state index is 0.233. The van der Waals surface area contributed by atoms with Gasteiger partial charge in [-0.3, -0.25) is 0 Å². The summed E-state index contributed by atoms with van der Waals surface area (Å²) in [4.78, 5) is 24.8. The van der Waals surface area contributed by atoms with Crippen LogP contribution < -0.4 is 0 Å². The first-order chi connectivity index (χ1) is 9.72. The highest BCUT2D eigenvalue weighted by atomic mass is 16.1. The molecule has 0 amide bonds. The van der Waals surface area contributed by atoms with Crippen molar-refractivity contribution in [1.82, 2.24) is 0 Å². The van der Waals surface area contributed by atoms with Gasteiger partial charge in [0.2, 0.25) is 6.08 Å². The first-order valence-corrected chi connectivity index (χ1v) is 7.90. The van der Waals surface area contributed by atoms with Crippen LogP contribution in [0, 0.1) is 11.8 Å². The Kier molecular flexibility index (Phi) is 5.70. The highest BCUT2D eigenvalue weighted by molar-refractivity contribution is 5.33. The van der Waals surface area contributed by atoms with Crippen LogP contribution in [0.25, 0.3) is 0 Å². The molecule has 0 saturated heterocycles. The first kappa shape index (κ1) is 15.2. The zero-order valence-corrected chi connectivity index (χ0v) is 12.4. The molecule has 0 radical (unpaired) electrons. The van der Waals surface area contributed by atoms with Gasteiger partial charge in [-0.15, -0.1) is 0 Å².